The van der Waals surface area contributed by atoms with E-state index in [1.165, 1.54) is 12.4 Å². The summed E-state index contributed by atoms with van der Waals surface area (Å²) in [6.07, 6.45) is 4.46. The molecule has 1 aromatic carbocycles. The maximum absolute atomic E-state index is 13.7. The Bertz CT molecular complexity index is 719. The summed E-state index contributed by atoms with van der Waals surface area (Å²) in [6.45, 7) is 6.42. The summed E-state index contributed by atoms with van der Waals surface area (Å²) < 4.78 is 15.8. The predicted octanol–water partition coefficient (Wildman–Crippen LogP) is 4.27. The molecule has 24 heavy (non-hydrogen) atoms. The summed E-state index contributed by atoms with van der Waals surface area (Å²) >= 11 is 5.16. The lowest BCUT2D eigenvalue weighted by atomic mass is 9.73. The van der Waals surface area contributed by atoms with Gasteiger partial charge in [0.2, 0.25) is 4.77 Å². The molecular formula is C18H26FN3OS. The molecule has 0 aliphatic carbocycles. The van der Waals surface area contributed by atoms with Crippen LogP contribution in [0.15, 0.2) is 30.6 Å². The van der Waals surface area contributed by atoms with Crippen LogP contribution in [0.25, 0.3) is 0 Å². The van der Waals surface area contributed by atoms with Crippen LogP contribution in [0.1, 0.15) is 45.6 Å². The van der Waals surface area contributed by atoms with E-state index in [0.717, 1.165) is 18.4 Å². The first kappa shape index (κ1) is 18.8. The zero-order chi connectivity index (χ0) is 17.8. The maximum Gasteiger partial charge on any atom is 0.215 e. The number of aryl methyl sites for hydroxylation is 1. The first-order valence-electron chi connectivity index (χ1n) is 8.29. The van der Waals surface area contributed by atoms with Gasteiger partial charge in [-0.2, -0.15) is 0 Å². The van der Waals surface area contributed by atoms with Crippen LogP contribution in [0.4, 0.5) is 4.39 Å². The van der Waals surface area contributed by atoms with Gasteiger partial charge in [-0.05, 0) is 48.5 Å². The number of halogens is 1. The molecule has 6 heteroatoms. The van der Waals surface area contributed by atoms with Gasteiger partial charge in [-0.3, -0.25) is 9.78 Å². The lowest BCUT2D eigenvalue weighted by Crippen LogP contribution is -2.46. The van der Waals surface area contributed by atoms with Crippen molar-refractivity contribution in [1.29, 1.82) is 0 Å². The van der Waals surface area contributed by atoms with E-state index in [1.807, 2.05) is 32.9 Å². The van der Waals surface area contributed by atoms with Gasteiger partial charge in [-0.15, -0.1) is 0 Å². The molecule has 0 aliphatic rings. The van der Waals surface area contributed by atoms with Crippen molar-refractivity contribution in [2.75, 3.05) is 0 Å². The van der Waals surface area contributed by atoms with Crippen LogP contribution in [-0.2, 0) is 13.0 Å². The van der Waals surface area contributed by atoms with Crippen LogP contribution >= 0.6 is 12.2 Å². The molecule has 2 aromatic rings. The first-order valence-corrected chi connectivity index (χ1v) is 8.70. The molecule has 2 N–H and O–H groups in total. The molecule has 1 unspecified atom stereocenters. The summed E-state index contributed by atoms with van der Waals surface area (Å²) in [5.41, 5.74) is -0.509. The van der Waals surface area contributed by atoms with E-state index in [4.69, 9.17) is 12.2 Å². The molecule has 1 heterocycles. The highest BCUT2D eigenvalue weighted by atomic mass is 32.1. The molecular weight excluding hydrogens is 325 g/mol. The van der Waals surface area contributed by atoms with Crippen LogP contribution in [0, 0.1) is 16.0 Å². The van der Waals surface area contributed by atoms with E-state index in [9.17, 15) is 9.50 Å². The van der Waals surface area contributed by atoms with E-state index in [0.29, 0.717) is 24.2 Å². The summed E-state index contributed by atoms with van der Waals surface area (Å²) in [5, 5.41) is 14.2. The Kier molecular flexibility index (Phi) is 5.93. The van der Waals surface area contributed by atoms with Gasteiger partial charge in [0.05, 0.1) is 12.1 Å². The van der Waals surface area contributed by atoms with Gasteiger partial charge >= 0.3 is 0 Å². The molecule has 1 atom stereocenters. The van der Waals surface area contributed by atoms with Crippen molar-refractivity contribution >= 4 is 12.2 Å². The zero-order valence-corrected chi connectivity index (χ0v) is 15.4. The second kappa shape index (κ2) is 7.57. The molecule has 132 valence electrons. The highest BCUT2D eigenvalue weighted by Gasteiger charge is 2.40. The smallest absolute Gasteiger partial charge is 0.215 e. The van der Waals surface area contributed by atoms with Crippen molar-refractivity contribution in [2.24, 2.45) is 5.41 Å². The van der Waals surface area contributed by atoms with Crippen molar-refractivity contribution < 1.29 is 9.50 Å². The highest BCUT2D eigenvalue weighted by Crippen LogP contribution is 2.36. The van der Waals surface area contributed by atoms with Gasteiger partial charge in [-0.1, -0.05) is 45.4 Å². The third-order valence-electron chi connectivity index (χ3n) is 4.68. The second-order valence-corrected chi connectivity index (χ2v) is 7.70. The number of nitrogens with zero attached hydrogens (tertiary/aromatic N) is 2. The van der Waals surface area contributed by atoms with Crippen molar-refractivity contribution in [3.8, 4) is 0 Å². The topological polar surface area (TPSA) is 53.8 Å². The van der Waals surface area contributed by atoms with Crippen LogP contribution < -0.4 is 0 Å². The van der Waals surface area contributed by atoms with Gasteiger partial charge in [0, 0.05) is 0 Å². The molecule has 0 fully saturated rings. The first-order chi connectivity index (χ1) is 11.2. The van der Waals surface area contributed by atoms with E-state index in [2.05, 4.69) is 10.1 Å². The highest BCUT2D eigenvalue weighted by molar-refractivity contribution is 7.71. The molecule has 0 bridgehead atoms. The Hall–Kier alpha value is -1.53. The number of rotatable bonds is 7. The van der Waals surface area contributed by atoms with Crippen molar-refractivity contribution in [1.82, 2.24) is 14.8 Å². The molecule has 4 nitrogen and oxygen atoms in total. The second-order valence-electron chi connectivity index (χ2n) is 7.34. The normalized spacial score (nSPS) is 14.5. The number of hydrogen-bond donors (Lipinski definition) is 2. The largest absolute Gasteiger partial charge is 0.387 e. The monoisotopic (exact) mass is 351 g/mol. The third-order valence-corrected chi connectivity index (χ3v) is 5.01. The van der Waals surface area contributed by atoms with Crippen LogP contribution in [0.5, 0.6) is 0 Å². The number of aromatic nitrogens is 3. The fourth-order valence-corrected chi connectivity index (χ4v) is 2.95. The fraction of sp³-hybridized carbons (Fsp3) is 0.556. The molecule has 0 saturated heterocycles. The van der Waals surface area contributed by atoms with Gasteiger partial charge < -0.3 is 5.11 Å². The number of benzene rings is 1. The Balaban J connectivity index is 1.98. The lowest BCUT2D eigenvalue weighted by molar-refractivity contribution is -0.0816. The molecule has 1 aromatic heterocycles. The number of nitrogens with one attached hydrogen (secondary N) is 1. The van der Waals surface area contributed by atoms with Gasteiger partial charge in [0.25, 0.3) is 0 Å². The van der Waals surface area contributed by atoms with Gasteiger partial charge in [0.1, 0.15) is 12.1 Å². The molecule has 0 aliphatic heterocycles. The summed E-state index contributed by atoms with van der Waals surface area (Å²) in [5.74, 6) is -0.160. The van der Waals surface area contributed by atoms with Crippen molar-refractivity contribution in [3.63, 3.8) is 0 Å². The number of H-pyrrole nitrogens is 1. The Morgan fingerprint density at radius 1 is 1.25 bits per heavy atom. The van der Waals surface area contributed by atoms with Crippen LogP contribution in [0.2, 0.25) is 0 Å². The summed E-state index contributed by atoms with van der Waals surface area (Å²) in [7, 11) is 0. The Morgan fingerprint density at radius 2 is 1.96 bits per heavy atom. The lowest BCUT2D eigenvalue weighted by Gasteiger charge is -2.40. The van der Waals surface area contributed by atoms with E-state index in [-0.39, 0.29) is 11.2 Å². The molecule has 0 radical (unpaired) electrons. The number of unbranched alkanes of at least 4 members (excludes halogenated alkanes) is 1. The summed E-state index contributed by atoms with van der Waals surface area (Å²) in [4.78, 5) is 4.00. The van der Waals surface area contributed by atoms with Gasteiger partial charge in [-0.25, -0.2) is 9.37 Å². The minimum absolute atomic E-state index is 0.160. The quantitative estimate of drug-likeness (QED) is 0.578. The zero-order valence-electron chi connectivity index (χ0n) is 14.6. The summed E-state index contributed by atoms with van der Waals surface area (Å²) in [6, 6.07) is 6.85. The predicted molar refractivity (Wildman–Crippen MR) is 95.8 cm³/mol. The van der Waals surface area contributed by atoms with Crippen molar-refractivity contribution in [2.45, 2.75) is 58.6 Å². The minimum atomic E-state index is -0.924. The van der Waals surface area contributed by atoms with Crippen molar-refractivity contribution in [3.05, 3.63) is 46.7 Å². The van der Waals surface area contributed by atoms with Crippen LogP contribution in [0.3, 0.4) is 0 Å². The fourth-order valence-electron chi connectivity index (χ4n) is 2.78. The Labute approximate surface area is 147 Å². The molecule has 0 spiro atoms. The molecule has 2 rings (SSSR count). The van der Waals surface area contributed by atoms with Crippen LogP contribution in [-0.4, -0.2) is 25.5 Å². The van der Waals surface area contributed by atoms with E-state index in [1.54, 1.807) is 10.7 Å². The number of hydrogen-bond acceptors (Lipinski definition) is 3. The number of aromatic amines is 1. The van der Waals surface area contributed by atoms with E-state index >= 15 is 0 Å². The average molecular weight is 351 g/mol. The minimum Gasteiger partial charge on any atom is -0.387 e. The number of aliphatic hydroxyl groups is 1. The molecule has 0 amide bonds. The maximum atomic E-state index is 13.7. The standard InChI is InChI=1S/C18H26FN3OS/c1-17(2,3)18(23,12-22-16(24)20-13-21-22)11-7-6-9-14-8-4-5-10-15(14)19/h4-5,8,10,13,23H,6-7,9,11-12H2,1-3H3,(H,20,21,24). The molecule has 0 saturated carbocycles. The SMILES string of the molecule is CC(C)(C)C(O)(CCCCc1ccccc1F)Cn1[nH]cnc1=S. The Morgan fingerprint density at radius 3 is 2.54 bits per heavy atom. The van der Waals surface area contributed by atoms with E-state index < -0.39 is 5.60 Å². The van der Waals surface area contributed by atoms with Gasteiger partial charge in [0.15, 0.2) is 0 Å². The third kappa shape index (κ3) is 4.51. The average Bonchev–Trinajstić information content (AvgIpc) is 2.89.